The Morgan fingerprint density at radius 3 is 2.16 bits per heavy atom. The summed E-state index contributed by atoms with van der Waals surface area (Å²) in [6, 6.07) is -1.28. The second-order valence-corrected chi connectivity index (χ2v) is 5.06. The number of amides is 2. The topological polar surface area (TPSA) is 136 Å². The molecular weight excluding hydrogens is 250 g/mol. The normalized spacial score (nSPS) is 13.9. The molecule has 0 saturated carbocycles. The smallest absolute Gasteiger partial charge is 0.326 e. The number of nitrogens with one attached hydrogen (secondary N) is 1. The lowest BCUT2D eigenvalue weighted by Crippen LogP contribution is -2.44. The summed E-state index contributed by atoms with van der Waals surface area (Å²) in [6.45, 7) is 4.40. The van der Waals surface area contributed by atoms with Crippen LogP contribution in [0, 0.1) is 11.8 Å². The van der Waals surface area contributed by atoms with Crippen LogP contribution in [0.2, 0.25) is 0 Å². The van der Waals surface area contributed by atoms with E-state index < -0.39 is 30.2 Å². The maximum absolute atomic E-state index is 11.7. The Hall–Kier alpha value is -1.63. The van der Waals surface area contributed by atoms with Gasteiger partial charge in [-0.15, -0.1) is 0 Å². The molecule has 0 radical (unpaired) electrons. The molecule has 0 saturated heterocycles. The molecule has 0 aliphatic rings. The standard InChI is InChI=1S/C12H23N3O4/c1-7(2)3-8(6-13)4-11(17)15-9(12(18)19)5-10(14)16/h7-9H,3-6,13H2,1-2H3,(H2,14,16)(H,15,17)(H,18,19)/t8-,9?/m0/s1. The van der Waals surface area contributed by atoms with E-state index in [0.29, 0.717) is 12.5 Å². The summed E-state index contributed by atoms with van der Waals surface area (Å²) >= 11 is 0. The number of rotatable bonds is 9. The van der Waals surface area contributed by atoms with Gasteiger partial charge in [-0.05, 0) is 24.8 Å². The van der Waals surface area contributed by atoms with E-state index in [1.165, 1.54) is 0 Å². The third-order valence-electron chi connectivity index (χ3n) is 2.65. The maximum atomic E-state index is 11.7. The van der Waals surface area contributed by atoms with Crippen molar-refractivity contribution in [2.45, 2.75) is 39.2 Å². The molecule has 6 N–H and O–H groups in total. The summed E-state index contributed by atoms with van der Waals surface area (Å²) in [5.74, 6) is -2.07. The first kappa shape index (κ1) is 17.4. The number of carboxylic acids is 1. The lowest BCUT2D eigenvalue weighted by atomic mass is 9.94. The predicted octanol–water partition coefficient (Wildman–Crippen LogP) is -0.558. The van der Waals surface area contributed by atoms with Crippen molar-refractivity contribution in [2.24, 2.45) is 23.3 Å². The minimum Gasteiger partial charge on any atom is -0.480 e. The van der Waals surface area contributed by atoms with E-state index in [9.17, 15) is 14.4 Å². The van der Waals surface area contributed by atoms with Gasteiger partial charge in [0.05, 0.1) is 6.42 Å². The van der Waals surface area contributed by atoms with Crippen LogP contribution in [0.5, 0.6) is 0 Å². The summed E-state index contributed by atoms with van der Waals surface area (Å²) in [7, 11) is 0. The van der Waals surface area contributed by atoms with Crippen LogP contribution in [0.4, 0.5) is 0 Å². The van der Waals surface area contributed by atoms with Gasteiger partial charge >= 0.3 is 5.97 Å². The van der Waals surface area contributed by atoms with Crippen molar-refractivity contribution < 1.29 is 19.5 Å². The van der Waals surface area contributed by atoms with E-state index in [1.807, 2.05) is 13.8 Å². The second kappa shape index (κ2) is 8.47. The molecule has 0 aromatic carbocycles. The molecule has 0 rings (SSSR count). The Morgan fingerprint density at radius 1 is 1.21 bits per heavy atom. The van der Waals surface area contributed by atoms with Crippen LogP contribution < -0.4 is 16.8 Å². The van der Waals surface area contributed by atoms with Crippen LogP contribution in [0.3, 0.4) is 0 Å². The number of carboxylic acid groups (broad SMARTS) is 1. The summed E-state index contributed by atoms with van der Waals surface area (Å²) in [6.07, 6.45) is 0.521. The van der Waals surface area contributed by atoms with Crippen molar-refractivity contribution in [3.05, 3.63) is 0 Å². The van der Waals surface area contributed by atoms with Gasteiger partial charge in [0.25, 0.3) is 0 Å². The quantitative estimate of drug-likeness (QED) is 0.446. The molecule has 2 amide bonds. The molecule has 1 unspecified atom stereocenters. The van der Waals surface area contributed by atoms with Crippen LogP contribution in [-0.2, 0) is 14.4 Å². The third-order valence-corrected chi connectivity index (χ3v) is 2.65. The van der Waals surface area contributed by atoms with Gasteiger partial charge in [0.2, 0.25) is 11.8 Å². The van der Waals surface area contributed by atoms with Crippen LogP contribution in [0.15, 0.2) is 0 Å². The van der Waals surface area contributed by atoms with E-state index >= 15 is 0 Å². The molecular formula is C12H23N3O4. The predicted molar refractivity (Wildman–Crippen MR) is 70.0 cm³/mol. The number of carbonyl (C=O) groups is 3. The molecule has 2 atom stereocenters. The fourth-order valence-corrected chi connectivity index (χ4v) is 1.85. The second-order valence-electron chi connectivity index (χ2n) is 5.06. The summed E-state index contributed by atoms with van der Waals surface area (Å²) in [5.41, 5.74) is 10.5. The van der Waals surface area contributed by atoms with Crippen molar-refractivity contribution in [1.82, 2.24) is 5.32 Å². The van der Waals surface area contributed by atoms with Crippen LogP contribution in [-0.4, -0.2) is 35.5 Å². The number of hydrogen-bond donors (Lipinski definition) is 4. The monoisotopic (exact) mass is 273 g/mol. The van der Waals surface area contributed by atoms with Gasteiger partial charge in [0, 0.05) is 6.42 Å². The minimum absolute atomic E-state index is 0.00280. The Morgan fingerprint density at radius 2 is 1.79 bits per heavy atom. The maximum Gasteiger partial charge on any atom is 0.326 e. The number of aliphatic carboxylic acids is 1. The molecule has 19 heavy (non-hydrogen) atoms. The number of primary amides is 1. The highest BCUT2D eigenvalue weighted by atomic mass is 16.4. The van der Waals surface area contributed by atoms with Gasteiger partial charge in [-0.25, -0.2) is 4.79 Å². The number of nitrogens with two attached hydrogens (primary N) is 2. The van der Waals surface area contributed by atoms with Gasteiger partial charge in [-0.3, -0.25) is 9.59 Å². The molecule has 0 aromatic heterocycles. The molecule has 7 nitrogen and oxygen atoms in total. The molecule has 110 valence electrons. The summed E-state index contributed by atoms with van der Waals surface area (Å²) < 4.78 is 0. The first-order valence-corrected chi connectivity index (χ1v) is 6.26. The van der Waals surface area contributed by atoms with Crippen molar-refractivity contribution in [1.29, 1.82) is 0 Å². The number of hydrogen-bond acceptors (Lipinski definition) is 4. The first-order chi connectivity index (χ1) is 8.76. The van der Waals surface area contributed by atoms with E-state index in [4.69, 9.17) is 16.6 Å². The Labute approximate surface area is 112 Å². The average molecular weight is 273 g/mol. The molecule has 0 aromatic rings. The fraction of sp³-hybridized carbons (Fsp3) is 0.750. The minimum atomic E-state index is -1.28. The van der Waals surface area contributed by atoms with Gasteiger partial charge in [-0.1, -0.05) is 13.8 Å². The first-order valence-electron chi connectivity index (χ1n) is 6.26. The molecule has 0 spiro atoms. The highest BCUT2D eigenvalue weighted by Gasteiger charge is 2.23. The Bertz CT molecular complexity index is 331. The third kappa shape index (κ3) is 8.15. The lowest BCUT2D eigenvalue weighted by Gasteiger charge is -2.18. The van der Waals surface area contributed by atoms with Gasteiger partial charge in [-0.2, -0.15) is 0 Å². The van der Waals surface area contributed by atoms with Crippen molar-refractivity contribution in [3.63, 3.8) is 0 Å². The SMILES string of the molecule is CC(C)C[C@H](CN)CC(=O)NC(CC(N)=O)C(=O)O. The van der Waals surface area contributed by atoms with Crippen LogP contribution in [0.1, 0.15) is 33.1 Å². The zero-order chi connectivity index (χ0) is 15.0. The number of carbonyl (C=O) groups excluding carboxylic acids is 2. The highest BCUT2D eigenvalue weighted by Crippen LogP contribution is 2.14. The van der Waals surface area contributed by atoms with Gasteiger partial charge < -0.3 is 21.9 Å². The fourth-order valence-electron chi connectivity index (χ4n) is 1.85. The van der Waals surface area contributed by atoms with Crippen LogP contribution in [0.25, 0.3) is 0 Å². The van der Waals surface area contributed by atoms with Crippen LogP contribution >= 0.6 is 0 Å². The van der Waals surface area contributed by atoms with Crippen molar-refractivity contribution in [2.75, 3.05) is 6.54 Å². The van der Waals surface area contributed by atoms with E-state index in [-0.39, 0.29) is 12.3 Å². The molecule has 0 heterocycles. The molecule has 0 fully saturated rings. The summed E-state index contributed by atoms with van der Waals surface area (Å²) in [5, 5.41) is 11.2. The molecule has 0 aliphatic heterocycles. The molecule has 0 aliphatic carbocycles. The lowest BCUT2D eigenvalue weighted by molar-refractivity contribution is -0.143. The Kier molecular flexibility index (Phi) is 7.74. The largest absolute Gasteiger partial charge is 0.480 e. The van der Waals surface area contributed by atoms with E-state index in [0.717, 1.165) is 6.42 Å². The molecule has 0 bridgehead atoms. The summed E-state index contributed by atoms with van der Waals surface area (Å²) in [4.78, 5) is 33.3. The average Bonchev–Trinajstić information content (AvgIpc) is 2.25. The van der Waals surface area contributed by atoms with Crippen molar-refractivity contribution >= 4 is 17.8 Å². The van der Waals surface area contributed by atoms with E-state index in [1.54, 1.807) is 0 Å². The Balaban J connectivity index is 4.39. The van der Waals surface area contributed by atoms with Gasteiger partial charge in [0.15, 0.2) is 0 Å². The zero-order valence-electron chi connectivity index (χ0n) is 11.4. The van der Waals surface area contributed by atoms with Gasteiger partial charge in [0.1, 0.15) is 6.04 Å². The highest BCUT2D eigenvalue weighted by molar-refractivity contribution is 5.88. The van der Waals surface area contributed by atoms with E-state index in [2.05, 4.69) is 5.32 Å². The zero-order valence-corrected chi connectivity index (χ0v) is 11.4. The van der Waals surface area contributed by atoms with Crippen molar-refractivity contribution in [3.8, 4) is 0 Å². The molecule has 7 heteroatoms.